The van der Waals surface area contributed by atoms with E-state index >= 15 is 0 Å². The van der Waals surface area contributed by atoms with Crippen molar-refractivity contribution in [3.05, 3.63) is 90.0 Å². The number of urea groups is 1. The number of hydrazone groups is 1. The molecule has 9 heteroatoms. The van der Waals surface area contributed by atoms with Crippen LogP contribution in [0.15, 0.2) is 89.0 Å². The molecule has 9 nitrogen and oxygen atoms in total. The molecule has 0 bridgehead atoms. The van der Waals surface area contributed by atoms with Crippen LogP contribution in [0.4, 0.5) is 26.7 Å². The second kappa shape index (κ2) is 13.8. The maximum absolute atomic E-state index is 14.3. The molecule has 2 aliphatic rings. The SMILES string of the molecule is CCCCOC(=O)NC(N)=Nc1ccc(N2C(=O)N(Cc3ccccc3)N=C(C3CCCCC3)c3ccccc32)cc1. The summed E-state index contributed by atoms with van der Waals surface area (Å²) in [6, 6.07) is 24.9. The molecule has 1 fully saturated rings. The lowest BCUT2D eigenvalue weighted by molar-refractivity contribution is 0.150. The summed E-state index contributed by atoms with van der Waals surface area (Å²) in [6.45, 7) is 2.70. The summed E-state index contributed by atoms with van der Waals surface area (Å²) in [5.74, 6) is 0.228. The van der Waals surface area contributed by atoms with Gasteiger partial charge in [0.15, 0.2) is 0 Å². The molecule has 3 aromatic rings. The third kappa shape index (κ3) is 6.97. The van der Waals surface area contributed by atoms with Crippen LogP contribution >= 0.6 is 0 Å². The fraction of sp³-hybridized carbons (Fsp3) is 0.333. The predicted molar refractivity (Wildman–Crippen MR) is 166 cm³/mol. The standard InChI is InChI=1S/C33H38N6O3/c1-2-3-22-42-32(40)36-31(34)35-26-18-20-27(21-19-26)39-29-17-11-10-16-28(29)30(25-14-8-5-9-15-25)37-38(33(39)41)23-24-12-6-4-7-13-24/h4,6-7,10-13,16-21,25H,2-3,5,8-9,14-15,22-23H2,1H3,(H3,34,35,36,40). The van der Waals surface area contributed by atoms with E-state index in [9.17, 15) is 9.59 Å². The Kier molecular flexibility index (Phi) is 9.48. The van der Waals surface area contributed by atoms with Crippen molar-refractivity contribution < 1.29 is 14.3 Å². The van der Waals surface area contributed by atoms with Crippen LogP contribution in [-0.4, -0.2) is 35.4 Å². The zero-order valence-electron chi connectivity index (χ0n) is 24.0. The van der Waals surface area contributed by atoms with E-state index in [1.165, 1.54) is 19.3 Å². The number of nitrogens with zero attached hydrogens (tertiary/aromatic N) is 4. The molecule has 1 aliphatic heterocycles. The lowest BCUT2D eigenvalue weighted by Gasteiger charge is -2.27. The summed E-state index contributed by atoms with van der Waals surface area (Å²) in [5.41, 5.74) is 10.9. The first-order valence-corrected chi connectivity index (χ1v) is 14.7. The van der Waals surface area contributed by atoms with Crippen molar-refractivity contribution >= 4 is 40.9 Å². The molecule has 0 saturated heterocycles. The van der Waals surface area contributed by atoms with Gasteiger partial charge in [0.25, 0.3) is 0 Å². The first kappa shape index (κ1) is 28.9. The molecule has 3 N–H and O–H groups in total. The fourth-order valence-electron chi connectivity index (χ4n) is 5.41. The Morgan fingerprint density at radius 3 is 2.45 bits per heavy atom. The minimum absolute atomic E-state index is 0.0694. The Balaban J connectivity index is 1.46. The van der Waals surface area contributed by atoms with Crippen LogP contribution in [0.5, 0.6) is 0 Å². The number of unbranched alkanes of at least 4 members (excludes halogenated alkanes) is 1. The largest absolute Gasteiger partial charge is 0.449 e. The number of carbonyl (C=O) groups excluding carboxylic acids is 2. The molecule has 3 amide bonds. The summed E-state index contributed by atoms with van der Waals surface area (Å²) in [7, 11) is 0. The summed E-state index contributed by atoms with van der Waals surface area (Å²) in [5, 5.41) is 9.11. The van der Waals surface area contributed by atoms with Gasteiger partial charge in [0, 0.05) is 11.5 Å². The molecule has 1 heterocycles. The quantitative estimate of drug-likeness (QED) is 0.170. The van der Waals surface area contributed by atoms with Crippen LogP contribution < -0.4 is 16.0 Å². The number of hydrogen-bond donors (Lipinski definition) is 2. The molecular weight excluding hydrogens is 528 g/mol. The Morgan fingerprint density at radius 2 is 1.71 bits per heavy atom. The van der Waals surface area contributed by atoms with Crippen molar-refractivity contribution in [2.75, 3.05) is 11.5 Å². The topological polar surface area (TPSA) is 113 Å². The highest BCUT2D eigenvalue weighted by Crippen LogP contribution is 2.38. The molecule has 3 aromatic carbocycles. The van der Waals surface area contributed by atoms with E-state index in [4.69, 9.17) is 15.6 Å². The number of nitrogens with two attached hydrogens (primary N) is 1. The summed E-state index contributed by atoms with van der Waals surface area (Å²) < 4.78 is 5.08. The number of carbonyl (C=O) groups is 2. The molecule has 1 saturated carbocycles. The lowest BCUT2D eigenvalue weighted by atomic mass is 9.83. The number of nitrogens with one attached hydrogen (secondary N) is 1. The lowest BCUT2D eigenvalue weighted by Crippen LogP contribution is -2.37. The van der Waals surface area contributed by atoms with Gasteiger partial charge < -0.3 is 10.5 Å². The van der Waals surface area contributed by atoms with E-state index < -0.39 is 6.09 Å². The molecule has 0 atom stereocenters. The van der Waals surface area contributed by atoms with Gasteiger partial charge >= 0.3 is 12.1 Å². The van der Waals surface area contributed by atoms with E-state index in [0.29, 0.717) is 30.4 Å². The van der Waals surface area contributed by atoms with Gasteiger partial charge in [-0.2, -0.15) is 5.10 Å². The van der Waals surface area contributed by atoms with Gasteiger partial charge in [-0.3, -0.25) is 10.2 Å². The summed E-state index contributed by atoms with van der Waals surface area (Å²) in [4.78, 5) is 32.2. The van der Waals surface area contributed by atoms with E-state index in [1.807, 2.05) is 67.6 Å². The number of aliphatic imine (C=N–C) groups is 1. The number of ether oxygens (including phenoxy) is 1. The predicted octanol–water partition coefficient (Wildman–Crippen LogP) is 7.22. The van der Waals surface area contributed by atoms with Gasteiger partial charge in [-0.05, 0) is 55.2 Å². The number of hydrogen-bond acceptors (Lipinski definition) is 5. The number of benzene rings is 3. The molecule has 0 aromatic heterocycles. The Bertz CT molecular complexity index is 1430. The van der Waals surface area contributed by atoms with Crippen LogP contribution in [-0.2, 0) is 11.3 Å². The van der Waals surface area contributed by atoms with Crippen LogP contribution in [0.3, 0.4) is 0 Å². The number of anilines is 2. The minimum atomic E-state index is -0.639. The summed E-state index contributed by atoms with van der Waals surface area (Å²) in [6.07, 6.45) is 6.76. The van der Waals surface area contributed by atoms with Crippen molar-refractivity contribution in [1.82, 2.24) is 10.3 Å². The first-order valence-electron chi connectivity index (χ1n) is 14.7. The maximum atomic E-state index is 14.3. The number of alkyl carbamates (subject to hydrolysis) is 1. The summed E-state index contributed by atoms with van der Waals surface area (Å²) >= 11 is 0. The van der Waals surface area contributed by atoms with Gasteiger partial charge in [-0.15, -0.1) is 0 Å². The smallest absolute Gasteiger partial charge is 0.413 e. The second-order valence-corrected chi connectivity index (χ2v) is 10.6. The Labute approximate surface area is 247 Å². The monoisotopic (exact) mass is 566 g/mol. The normalized spacial score (nSPS) is 16.0. The number of para-hydroxylation sites is 1. The van der Waals surface area contributed by atoms with Crippen LogP contribution in [0.1, 0.15) is 63.0 Å². The average molecular weight is 567 g/mol. The molecular formula is C33H38N6O3. The van der Waals surface area contributed by atoms with Crippen molar-refractivity contribution in [3.8, 4) is 0 Å². The number of guanidine groups is 1. The highest BCUT2D eigenvalue weighted by molar-refractivity contribution is 6.13. The number of amides is 3. The molecule has 42 heavy (non-hydrogen) atoms. The van der Waals surface area contributed by atoms with Crippen molar-refractivity contribution in [2.45, 2.75) is 58.4 Å². The molecule has 218 valence electrons. The van der Waals surface area contributed by atoms with E-state index in [1.54, 1.807) is 22.0 Å². The Hall–Kier alpha value is -4.66. The molecule has 5 rings (SSSR count). The molecule has 1 aliphatic carbocycles. The van der Waals surface area contributed by atoms with E-state index in [0.717, 1.165) is 48.2 Å². The van der Waals surface area contributed by atoms with E-state index in [2.05, 4.69) is 16.4 Å². The molecule has 0 radical (unpaired) electrons. The minimum Gasteiger partial charge on any atom is -0.449 e. The van der Waals surface area contributed by atoms with Gasteiger partial charge in [-0.25, -0.2) is 19.6 Å². The van der Waals surface area contributed by atoms with Crippen molar-refractivity contribution in [2.24, 2.45) is 21.7 Å². The van der Waals surface area contributed by atoms with Crippen molar-refractivity contribution in [3.63, 3.8) is 0 Å². The van der Waals surface area contributed by atoms with Gasteiger partial charge in [0.1, 0.15) is 0 Å². The highest BCUT2D eigenvalue weighted by atomic mass is 16.5. The van der Waals surface area contributed by atoms with Crippen LogP contribution in [0.2, 0.25) is 0 Å². The first-order chi connectivity index (χ1) is 20.5. The van der Waals surface area contributed by atoms with Crippen molar-refractivity contribution in [1.29, 1.82) is 0 Å². The molecule has 0 unspecified atom stereocenters. The van der Waals surface area contributed by atoms with E-state index in [-0.39, 0.29) is 12.0 Å². The number of fused-ring (bicyclic) bond motifs is 1. The number of rotatable bonds is 8. The van der Waals surface area contributed by atoms with Crippen LogP contribution in [0.25, 0.3) is 0 Å². The third-order valence-corrected chi connectivity index (χ3v) is 7.55. The second-order valence-electron chi connectivity index (χ2n) is 10.6. The average Bonchev–Trinajstić information content (AvgIpc) is 3.13. The highest BCUT2D eigenvalue weighted by Gasteiger charge is 2.34. The zero-order chi connectivity index (χ0) is 29.3. The van der Waals surface area contributed by atoms with Crippen LogP contribution in [0, 0.1) is 5.92 Å². The molecule has 0 spiro atoms. The Morgan fingerprint density at radius 1 is 1.00 bits per heavy atom. The zero-order valence-corrected chi connectivity index (χ0v) is 24.0. The van der Waals surface area contributed by atoms with Gasteiger partial charge in [0.2, 0.25) is 5.96 Å². The maximum Gasteiger partial charge on any atom is 0.413 e. The van der Waals surface area contributed by atoms with Gasteiger partial charge in [0.05, 0.1) is 35.9 Å². The fourth-order valence-corrected chi connectivity index (χ4v) is 5.41. The third-order valence-electron chi connectivity index (χ3n) is 7.55. The van der Waals surface area contributed by atoms with Gasteiger partial charge in [-0.1, -0.05) is 81.1 Å².